The maximum absolute atomic E-state index is 13.1. The zero-order valence-corrected chi connectivity index (χ0v) is 11.7. The molecule has 0 atom stereocenters. The fraction of sp³-hybridized carbons (Fsp3) is 0.133. The highest BCUT2D eigenvalue weighted by Crippen LogP contribution is 2.32. The molecule has 3 nitrogen and oxygen atoms in total. The number of methoxy groups -OCH3 is 2. The molecule has 5 heteroatoms. The second-order valence-electron chi connectivity index (χ2n) is 3.99. The van der Waals surface area contributed by atoms with E-state index in [9.17, 15) is 9.18 Å². The van der Waals surface area contributed by atoms with Gasteiger partial charge in [-0.25, -0.2) is 4.39 Å². The maximum Gasteiger partial charge on any atom is 0.202 e. The van der Waals surface area contributed by atoms with E-state index >= 15 is 0 Å². The highest BCUT2D eigenvalue weighted by atomic mass is 35.5. The average Bonchev–Trinajstić information content (AvgIpc) is 2.45. The standard InChI is InChI=1S/C15H12ClFO3/c1-19-12-4-3-5-13(20-2)14(12)15(18)10-7-6-9(17)8-11(10)16/h3-8H,1-2H3. The summed E-state index contributed by atoms with van der Waals surface area (Å²) in [6.45, 7) is 0. The largest absolute Gasteiger partial charge is 0.496 e. The van der Waals surface area contributed by atoms with Crippen molar-refractivity contribution in [3.63, 3.8) is 0 Å². The van der Waals surface area contributed by atoms with E-state index in [1.165, 1.54) is 26.4 Å². The normalized spacial score (nSPS) is 10.2. The molecule has 0 radical (unpaired) electrons. The van der Waals surface area contributed by atoms with Crippen molar-refractivity contribution in [3.8, 4) is 11.5 Å². The molecule has 0 fully saturated rings. The van der Waals surface area contributed by atoms with E-state index in [1.807, 2.05) is 0 Å². The summed E-state index contributed by atoms with van der Waals surface area (Å²) in [5, 5.41) is 0.0444. The molecule has 2 aromatic rings. The maximum atomic E-state index is 13.1. The lowest BCUT2D eigenvalue weighted by atomic mass is 10.0. The molecule has 0 aliphatic heterocycles. The fourth-order valence-electron chi connectivity index (χ4n) is 1.88. The monoisotopic (exact) mass is 294 g/mol. The van der Waals surface area contributed by atoms with E-state index in [-0.39, 0.29) is 21.9 Å². The number of rotatable bonds is 4. The summed E-state index contributed by atoms with van der Waals surface area (Å²) >= 11 is 5.92. The summed E-state index contributed by atoms with van der Waals surface area (Å²) in [5.74, 6) is -0.146. The molecule has 20 heavy (non-hydrogen) atoms. The number of benzene rings is 2. The summed E-state index contributed by atoms with van der Waals surface area (Å²) in [6, 6.07) is 8.62. The van der Waals surface area contributed by atoms with Crippen molar-refractivity contribution in [2.24, 2.45) is 0 Å². The van der Waals surface area contributed by atoms with Crippen LogP contribution in [0.4, 0.5) is 4.39 Å². The van der Waals surface area contributed by atoms with Crippen LogP contribution >= 0.6 is 11.6 Å². The second-order valence-corrected chi connectivity index (χ2v) is 4.40. The number of carbonyl (C=O) groups is 1. The molecule has 0 unspecified atom stereocenters. The van der Waals surface area contributed by atoms with Crippen LogP contribution in [0.15, 0.2) is 36.4 Å². The Morgan fingerprint density at radius 3 is 2.20 bits per heavy atom. The quantitative estimate of drug-likeness (QED) is 0.806. The predicted octanol–water partition coefficient (Wildman–Crippen LogP) is 3.73. The van der Waals surface area contributed by atoms with Crippen LogP contribution in [0, 0.1) is 5.82 Å². The van der Waals surface area contributed by atoms with E-state index in [4.69, 9.17) is 21.1 Å². The molecular weight excluding hydrogens is 283 g/mol. The van der Waals surface area contributed by atoms with Gasteiger partial charge in [-0.2, -0.15) is 0 Å². The molecule has 0 spiro atoms. The van der Waals surface area contributed by atoms with Gasteiger partial charge in [0.1, 0.15) is 22.9 Å². The summed E-state index contributed by atoms with van der Waals surface area (Å²) in [4.78, 5) is 12.6. The first-order valence-electron chi connectivity index (χ1n) is 5.79. The number of hydrogen-bond acceptors (Lipinski definition) is 3. The van der Waals surface area contributed by atoms with E-state index in [1.54, 1.807) is 18.2 Å². The third-order valence-electron chi connectivity index (χ3n) is 2.83. The first kappa shape index (κ1) is 14.3. The van der Waals surface area contributed by atoms with Gasteiger partial charge in [-0.15, -0.1) is 0 Å². The topological polar surface area (TPSA) is 35.5 Å². The highest BCUT2D eigenvalue weighted by Gasteiger charge is 2.21. The van der Waals surface area contributed by atoms with Gasteiger partial charge in [-0.1, -0.05) is 17.7 Å². The Labute approximate surface area is 120 Å². The van der Waals surface area contributed by atoms with Crippen LogP contribution in [0.5, 0.6) is 11.5 Å². The lowest BCUT2D eigenvalue weighted by Crippen LogP contribution is -2.07. The molecule has 0 amide bonds. The molecule has 0 aliphatic carbocycles. The smallest absolute Gasteiger partial charge is 0.202 e. The summed E-state index contributed by atoms with van der Waals surface area (Å²) in [6.07, 6.45) is 0. The Balaban J connectivity index is 2.58. The van der Waals surface area contributed by atoms with E-state index in [0.717, 1.165) is 6.07 Å². The van der Waals surface area contributed by atoms with Gasteiger partial charge in [0.2, 0.25) is 5.78 Å². The first-order chi connectivity index (χ1) is 9.58. The molecule has 0 N–H and O–H groups in total. The lowest BCUT2D eigenvalue weighted by molar-refractivity contribution is 0.103. The molecule has 0 saturated heterocycles. The van der Waals surface area contributed by atoms with Crippen molar-refractivity contribution in [1.82, 2.24) is 0 Å². The molecule has 0 saturated carbocycles. The van der Waals surface area contributed by atoms with Crippen LogP contribution < -0.4 is 9.47 Å². The summed E-state index contributed by atoms with van der Waals surface area (Å²) in [7, 11) is 2.91. The first-order valence-corrected chi connectivity index (χ1v) is 6.17. The third kappa shape index (κ3) is 2.60. The van der Waals surface area contributed by atoms with Gasteiger partial charge in [0.15, 0.2) is 0 Å². The Morgan fingerprint density at radius 2 is 1.70 bits per heavy atom. The number of carbonyl (C=O) groups excluding carboxylic acids is 1. The molecule has 0 heterocycles. The fourth-order valence-corrected chi connectivity index (χ4v) is 2.14. The van der Waals surface area contributed by atoms with Crippen molar-refractivity contribution >= 4 is 17.4 Å². The van der Waals surface area contributed by atoms with Gasteiger partial charge in [-0.3, -0.25) is 4.79 Å². The Kier molecular flexibility index (Phi) is 4.25. The molecule has 0 aliphatic rings. The van der Waals surface area contributed by atoms with E-state index in [2.05, 4.69) is 0 Å². The van der Waals surface area contributed by atoms with Crippen molar-refractivity contribution in [2.75, 3.05) is 14.2 Å². The van der Waals surface area contributed by atoms with Crippen LogP contribution in [0.25, 0.3) is 0 Å². The van der Waals surface area contributed by atoms with Crippen LogP contribution in [0.1, 0.15) is 15.9 Å². The molecular formula is C15H12ClFO3. The molecule has 0 aromatic heterocycles. The minimum atomic E-state index is -0.501. The molecule has 2 aromatic carbocycles. The van der Waals surface area contributed by atoms with Gasteiger partial charge in [0, 0.05) is 5.56 Å². The van der Waals surface area contributed by atoms with E-state index < -0.39 is 5.82 Å². The zero-order chi connectivity index (χ0) is 14.7. The Bertz CT molecular complexity index is 633. The molecule has 2 rings (SSSR count). The predicted molar refractivity (Wildman–Crippen MR) is 74.4 cm³/mol. The number of ketones is 1. The number of halogens is 2. The van der Waals surface area contributed by atoms with Crippen LogP contribution in [0.3, 0.4) is 0 Å². The van der Waals surface area contributed by atoms with Crippen LogP contribution in [-0.4, -0.2) is 20.0 Å². The zero-order valence-electron chi connectivity index (χ0n) is 10.9. The Hall–Kier alpha value is -2.07. The van der Waals surface area contributed by atoms with Gasteiger partial charge >= 0.3 is 0 Å². The third-order valence-corrected chi connectivity index (χ3v) is 3.14. The SMILES string of the molecule is COc1cccc(OC)c1C(=O)c1ccc(F)cc1Cl. The van der Waals surface area contributed by atoms with Gasteiger partial charge in [0.25, 0.3) is 0 Å². The minimum absolute atomic E-state index is 0.0444. The van der Waals surface area contributed by atoms with E-state index in [0.29, 0.717) is 11.5 Å². The van der Waals surface area contributed by atoms with Gasteiger partial charge in [-0.05, 0) is 30.3 Å². The highest BCUT2D eigenvalue weighted by molar-refractivity contribution is 6.35. The van der Waals surface area contributed by atoms with Crippen molar-refractivity contribution in [3.05, 3.63) is 58.4 Å². The Morgan fingerprint density at radius 1 is 1.10 bits per heavy atom. The summed E-state index contributed by atoms with van der Waals surface area (Å²) in [5.41, 5.74) is 0.446. The van der Waals surface area contributed by atoms with Gasteiger partial charge in [0.05, 0.1) is 19.2 Å². The average molecular weight is 295 g/mol. The molecule has 0 bridgehead atoms. The van der Waals surface area contributed by atoms with Gasteiger partial charge < -0.3 is 9.47 Å². The van der Waals surface area contributed by atoms with Crippen molar-refractivity contribution in [2.45, 2.75) is 0 Å². The van der Waals surface area contributed by atoms with Crippen molar-refractivity contribution in [1.29, 1.82) is 0 Å². The number of ether oxygens (including phenoxy) is 2. The lowest BCUT2D eigenvalue weighted by Gasteiger charge is -2.12. The molecule has 104 valence electrons. The number of hydrogen-bond donors (Lipinski definition) is 0. The van der Waals surface area contributed by atoms with Crippen LogP contribution in [0.2, 0.25) is 5.02 Å². The minimum Gasteiger partial charge on any atom is -0.496 e. The van der Waals surface area contributed by atoms with Crippen LogP contribution in [-0.2, 0) is 0 Å². The summed E-state index contributed by atoms with van der Waals surface area (Å²) < 4.78 is 23.4. The second kappa shape index (κ2) is 5.92. The van der Waals surface area contributed by atoms with Crippen molar-refractivity contribution < 1.29 is 18.7 Å².